The SMILES string of the molecule is CS(=O)(=O)N1CCC(c2noc(C3CN(C(=O)c4ccco4)C3)n2)CC1. The van der Waals surface area contributed by atoms with Crippen LogP contribution in [0.15, 0.2) is 27.3 Å². The Kier molecular flexibility index (Phi) is 4.31. The Labute approximate surface area is 151 Å². The average molecular weight is 380 g/mol. The molecule has 2 aliphatic heterocycles. The summed E-state index contributed by atoms with van der Waals surface area (Å²) in [5, 5.41) is 4.07. The van der Waals surface area contributed by atoms with Crippen molar-refractivity contribution in [2.24, 2.45) is 0 Å². The minimum Gasteiger partial charge on any atom is -0.459 e. The van der Waals surface area contributed by atoms with Crippen molar-refractivity contribution in [3.8, 4) is 0 Å². The zero-order valence-corrected chi connectivity index (χ0v) is 15.2. The first kappa shape index (κ1) is 17.2. The van der Waals surface area contributed by atoms with Gasteiger partial charge >= 0.3 is 0 Å². The maximum absolute atomic E-state index is 12.1. The summed E-state index contributed by atoms with van der Waals surface area (Å²) in [6.45, 7) is 1.99. The number of nitrogens with zero attached hydrogens (tertiary/aromatic N) is 4. The van der Waals surface area contributed by atoms with Crippen molar-refractivity contribution in [2.45, 2.75) is 24.7 Å². The molecule has 0 radical (unpaired) electrons. The van der Waals surface area contributed by atoms with Crippen LogP contribution in [0.5, 0.6) is 0 Å². The largest absolute Gasteiger partial charge is 0.459 e. The van der Waals surface area contributed by atoms with Gasteiger partial charge in [-0.3, -0.25) is 4.79 Å². The van der Waals surface area contributed by atoms with Crippen LogP contribution in [0.3, 0.4) is 0 Å². The molecule has 2 aliphatic rings. The van der Waals surface area contributed by atoms with Gasteiger partial charge in [0.25, 0.3) is 5.91 Å². The molecule has 26 heavy (non-hydrogen) atoms. The molecule has 0 aliphatic carbocycles. The summed E-state index contributed by atoms with van der Waals surface area (Å²) < 4.78 is 35.1. The summed E-state index contributed by atoms with van der Waals surface area (Å²) in [7, 11) is -3.14. The molecule has 4 heterocycles. The fraction of sp³-hybridized carbons (Fsp3) is 0.562. The fourth-order valence-corrected chi connectivity index (χ4v) is 4.26. The second-order valence-electron chi connectivity index (χ2n) is 6.81. The zero-order chi connectivity index (χ0) is 18.3. The Morgan fingerprint density at radius 1 is 1.23 bits per heavy atom. The predicted molar refractivity (Wildman–Crippen MR) is 90.0 cm³/mol. The Balaban J connectivity index is 1.33. The lowest BCUT2D eigenvalue weighted by Crippen LogP contribution is -2.48. The number of likely N-dealkylation sites (tertiary alicyclic amines) is 1. The number of hydrogen-bond acceptors (Lipinski definition) is 7. The fourth-order valence-electron chi connectivity index (χ4n) is 3.38. The molecule has 9 nitrogen and oxygen atoms in total. The van der Waals surface area contributed by atoms with Gasteiger partial charge in [0.05, 0.1) is 18.4 Å². The van der Waals surface area contributed by atoms with Gasteiger partial charge in [-0.2, -0.15) is 4.98 Å². The summed E-state index contributed by atoms with van der Waals surface area (Å²) in [5.74, 6) is 1.49. The Morgan fingerprint density at radius 2 is 1.96 bits per heavy atom. The second-order valence-corrected chi connectivity index (χ2v) is 8.79. The smallest absolute Gasteiger partial charge is 0.289 e. The molecule has 10 heteroatoms. The topological polar surface area (TPSA) is 110 Å². The van der Waals surface area contributed by atoms with Crippen LogP contribution in [0.1, 0.15) is 46.9 Å². The highest BCUT2D eigenvalue weighted by Gasteiger charge is 2.37. The highest BCUT2D eigenvalue weighted by molar-refractivity contribution is 7.88. The first-order valence-corrected chi connectivity index (χ1v) is 10.4. The summed E-state index contributed by atoms with van der Waals surface area (Å²) in [5.41, 5.74) is 0. The van der Waals surface area contributed by atoms with Gasteiger partial charge in [0.15, 0.2) is 11.6 Å². The molecule has 2 fully saturated rings. The van der Waals surface area contributed by atoms with Crippen molar-refractivity contribution in [3.05, 3.63) is 35.9 Å². The molecule has 2 saturated heterocycles. The lowest BCUT2D eigenvalue weighted by atomic mass is 9.97. The van der Waals surface area contributed by atoms with Crippen LogP contribution in [0.4, 0.5) is 0 Å². The van der Waals surface area contributed by atoms with Crippen LogP contribution in [-0.2, 0) is 10.0 Å². The minimum absolute atomic E-state index is 0.0336. The molecule has 0 bridgehead atoms. The summed E-state index contributed by atoms with van der Waals surface area (Å²) in [6.07, 6.45) is 4.07. The van der Waals surface area contributed by atoms with Crippen molar-refractivity contribution < 1.29 is 22.2 Å². The van der Waals surface area contributed by atoms with Crippen LogP contribution in [0, 0.1) is 0 Å². The molecule has 0 unspecified atom stereocenters. The molecular formula is C16H20N4O5S. The number of carbonyl (C=O) groups is 1. The molecular weight excluding hydrogens is 360 g/mol. The van der Waals surface area contributed by atoms with Crippen LogP contribution < -0.4 is 0 Å². The van der Waals surface area contributed by atoms with Crippen molar-refractivity contribution in [1.29, 1.82) is 0 Å². The van der Waals surface area contributed by atoms with Gasteiger partial charge < -0.3 is 13.8 Å². The van der Waals surface area contributed by atoms with E-state index in [2.05, 4.69) is 10.1 Å². The average Bonchev–Trinajstić information content (AvgIpc) is 3.25. The Morgan fingerprint density at radius 3 is 2.58 bits per heavy atom. The third-order valence-electron chi connectivity index (χ3n) is 5.00. The van der Waals surface area contributed by atoms with E-state index >= 15 is 0 Å². The third kappa shape index (κ3) is 3.26. The molecule has 1 amide bonds. The van der Waals surface area contributed by atoms with Crippen molar-refractivity contribution in [2.75, 3.05) is 32.4 Å². The van der Waals surface area contributed by atoms with E-state index in [0.717, 1.165) is 0 Å². The van der Waals surface area contributed by atoms with E-state index in [-0.39, 0.29) is 17.7 Å². The normalized spacial score (nSPS) is 20.3. The summed E-state index contributed by atoms with van der Waals surface area (Å²) >= 11 is 0. The number of hydrogen-bond donors (Lipinski definition) is 0. The van der Waals surface area contributed by atoms with Gasteiger partial charge in [-0.1, -0.05) is 5.16 Å². The molecule has 0 aromatic carbocycles. The molecule has 0 atom stereocenters. The van der Waals surface area contributed by atoms with Crippen LogP contribution in [0.2, 0.25) is 0 Å². The summed E-state index contributed by atoms with van der Waals surface area (Å²) in [4.78, 5) is 18.3. The molecule has 0 saturated carbocycles. The minimum atomic E-state index is -3.14. The number of sulfonamides is 1. The molecule has 2 aromatic rings. The maximum atomic E-state index is 12.1. The van der Waals surface area contributed by atoms with Gasteiger partial charge in [0.1, 0.15) is 0 Å². The molecule has 0 N–H and O–H groups in total. The molecule has 140 valence electrons. The number of furan rings is 1. The lowest BCUT2D eigenvalue weighted by Gasteiger charge is -2.36. The van der Waals surface area contributed by atoms with Gasteiger partial charge in [0.2, 0.25) is 15.9 Å². The number of rotatable bonds is 4. The Hall–Kier alpha value is -2.20. The highest BCUT2D eigenvalue weighted by atomic mass is 32.2. The van der Waals surface area contributed by atoms with Crippen LogP contribution in [0.25, 0.3) is 0 Å². The monoisotopic (exact) mass is 380 g/mol. The lowest BCUT2D eigenvalue weighted by molar-refractivity contribution is 0.0537. The number of amides is 1. The molecule has 0 spiro atoms. The van der Waals surface area contributed by atoms with Crippen molar-refractivity contribution in [1.82, 2.24) is 19.3 Å². The van der Waals surface area contributed by atoms with E-state index < -0.39 is 10.0 Å². The van der Waals surface area contributed by atoms with E-state index in [0.29, 0.717) is 56.5 Å². The van der Waals surface area contributed by atoms with E-state index in [9.17, 15) is 13.2 Å². The number of carbonyl (C=O) groups excluding carboxylic acids is 1. The second kappa shape index (κ2) is 6.51. The molecule has 4 rings (SSSR count). The van der Waals surface area contributed by atoms with Gasteiger partial charge in [-0.15, -0.1) is 0 Å². The first-order chi connectivity index (χ1) is 12.4. The van der Waals surface area contributed by atoms with E-state index in [1.807, 2.05) is 0 Å². The van der Waals surface area contributed by atoms with Gasteiger partial charge in [-0.05, 0) is 25.0 Å². The molecule has 2 aromatic heterocycles. The van der Waals surface area contributed by atoms with Crippen LogP contribution >= 0.6 is 0 Å². The van der Waals surface area contributed by atoms with Gasteiger partial charge in [-0.25, -0.2) is 12.7 Å². The maximum Gasteiger partial charge on any atom is 0.289 e. The van der Waals surface area contributed by atoms with E-state index in [1.54, 1.807) is 17.0 Å². The number of aromatic nitrogens is 2. The highest BCUT2D eigenvalue weighted by Crippen LogP contribution is 2.31. The van der Waals surface area contributed by atoms with Crippen LogP contribution in [-0.4, -0.2) is 66.1 Å². The third-order valence-corrected chi connectivity index (χ3v) is 6.30. The standard InChI is InChI=1S/C16H20N4O5S/c1-26(22,23)20-6-4-11(5-7-20)14-17-15(25-18-14)12-9-19(10-12)16(21)13-3-2-8-24-13/h2-3,8,11-12H,4-7,9-10H2,1H3. The van der Waals surface area contributed by atoms with Crippen molar-refractivity contribution >= 4 is 15.9 Å². The van der Waals surface area contributed by atoms with Gasteiger partial charge in [0, 0.05) is 32.1 Å². The Bertz CT molecular complexity index is 878. The van der Waals surface area contributed by atoms with E-state index in [1.165, 1.54) is 16.8 Å². The summed E-state index contributed by atoms with van der Waals surface area (Å²) in [6, 6.07) is 3.33. The van der Waals surface area contributed by atoms with Crippen molar-refractivity contribution in [3.63, 3.8) is 0 Å². The quantitative estimate of drug-likeness (QED) is 0.779. The zero-order valence-electron chi connectivity index (χ0n) is 14.4. The number of piperidine rings is 1. The van der Waals surface area contributed by atoms with E-state index in [4.69, 9.17) is 8.94 Å². The first-order valence-electron chi connectivity index (χ1n) is 8.53. The predicted octanol–water partition coefficient (Wildman–Crippen LogP) is 1.04.